The zero-order valence-electron chi connectivity index (χ0n) is 19.2. The highest BCUT2D eigenvalue weighted by molar-refractivity contribution is 6.07. The summed E-state index contributed by atoms with van der Waals surface area (Å²) in [6, 6.07) is 7.40. The number of fused-ring (bicyclic) bond motifs is 2. The average Bonchev–Trinajstić information content (AvgIpc) is 3.33. The largest absolute Gasteiger partial charge is 0.415 e. The molecule has 1 aliphatic carbocycles. The Balaban J connectivity index is 1.57. The van der Waals surface area contributed by atoms with Gasteiger partial charge in [0.05, 0.1) is 0 Å². The maximum absolute atomic E-state index is 13.0. The first-order valence-corrected chi connectivity index (χ1v) is 11.7. The Hall–Kier alpha value is -3.43. The van der Waals surface area contributed by atoms with Crippen LogP contribution in [0, 0.1) is 0 Å². The van der Waals surface area contributed by atoms with E-state index >= 15 is 0 Å². The van der Waals surface area contributed by atoms with Crippen LogP contribution in [0.3, 0.4) is 0 Å². The van der Waals surface area contributed by atoms with Crippen molar-refractivity contribution in [3.8, 4) is 11.5 Å². The Morgan fingerprint density at radius 3 is 1.82 bits per heavy atom. The predicted molar refractivity (Wildman–Crippen MR) is 127 cm³/mol. The number of ketones is 1. The fraction of sp³-hybridized carbons (Fsp3) is 0.400. The molecule has 0 spiro atoms. The van der Waals surface area contributed by atoms with Crippen LogP contribution in [0.1, 0.15) is 18.1 Å². The van der Waals surface area contributed by atoms with Crippen molar-refractivity contribution in [3.63, 3.8) is 0 Å². The molecule has 0 bridgehead atoms. The van der Waals surface area contributed by atoms with Gasteiger partial charge in [0.15, 0.2) is 5.78 Å². The maximum Gasteiger partial charge on any atom is 0.415 e. The number of ether oxygens (including phenoxy) is 2. The molecule has 0 atom stereocenters. The summed E-state index contributed by atoms with van der Waals surface area (Å²) in [7, 11) is 0. The lowest BCUT2D eigenvalue weighted by Crippen LogP contribution is -2.47. The van der Waals surface area contributed by atoms with E-state index < -0.39 is 12.2 Å². The van der Waals surface area contributed by atoms with Gasteiger partial charge in [0, 0.05) is 86.3 Å². The predicted octanol–water partition coefficient (Wildman–Crippen LogP) is 2.18. The topological polar surface area (TPSA) is 100 Å². The lowest BCUT2D eigenvalue weighted by molar-refractivity contribution is -0.113. The second kappa shape index (κ2) is 9.44. The van der Waals surface area contributed by atoms with Gasteiger partial charge in [-0.05, 0) is 13.0 Å². The third kappa shape index (κ3) is 4.24. The van der Waals surface area contributed by atoms with Gasteiger partial charge >= 0.3 is 12.2 Å². The van der Waals surface area contributed by atoms with Gasteiger partial charge in [0.1, 0.15) is 11.5 Å². The van der Waals surface area contributed by atoms with E-state index in [1.54, 1.807) is 15.9 Å². The van der Waals surface area contributed by atoms with E-state index in [0.29, 0.717) is 97.8 Å². The smallest absolute Gasteiger partial charge is 0.409 e. The molecule has 9 nitrogen and oxygen atoms in total. The first kappa shape index (κ1) is 22.4. The van der Waals surface area contributed by atoms with Crippen molar-refractivity contribution < 1.29 is 23.9 Å². The quantitative estimate of drug-likeness (QED) is 0.718. The monoisotopic (exact) mass is 464 g/mol. The van der Waals surface area contributed by atoms with E-state index in [2.05, 4.69) is 10.6 Å². The molecule has 9 heteroatoms. The van der Waals surface area contributed by atoms with E-state index in [-0.39, 0.29) is 5.78 Å². The lowest BCUT2D eigenvalue weighted by Gasteiger charge is -2.28. The number of carbonyl (C=O) groups is 3. The van der Waals surface area contributed by atoms with Crippen molar-refractivity contribution in [3.05, 3.63) is 41.0 Å². The molecule has 2 aliphatic heterocycles. The molecular weight excluding hydrogens is 436 g/mol. The summed E-state index contributed by atoms with van der Waals surface area (Å²) in [5.41, 5.74) is 1.90. The summed E-state index contributed by atoms with van der Waals surface area (Å²) in [5, 5.41) is 7.78. The number of rotatable bonds is 3. The molecule has 0 aromatic heterocycles. The third-order valence-electron chi connectivity index (χ3n) is 6.53. The summed E-state index contributed by atoms with van der Waals surface area (Å²) in [6.45, 7) is 6.62. The fourth-order valence-electron chi connectivity index (χ4n) is 4.64. The minimum absolute atomic E-state index is 0.0704. The van der Waals surface area contributed by atoms with Crippen LogP contribution in [0.4, 0.5) is 9.59 Å². The van der Waals surface area contributed by atoms with Gasteiger partial charge in [-0.25, -0.2) is 9.59 Å². The second-order valence-electron chi connectivity index (χ2n) is 8.71. The summed E-state index contributed by atoms with van der Waals surface area (Å²) < 4.78 is 11.9. The number of nitrogens with zero attached hydrogens (tertiary/aromatic N) is 2. The summed E-state index contributed by atoms with van der Waals surface area (Å²) in [4.78, 5) is 41.6. The first-order valence-electron chi connectivity index (χ1n) is 11.7. The Morgan fingerprint density at radius 1 is 0.794 bits per heavy atom. The minimum atomic E-state index is -0.427. The molecule has 3 aliphatic rings. The maximum atomic E-state index is 13.0. The van der Waals surface area contributed by atoms with Crippen LogP contribution in [0.25, 0.3) is 16.8 Å². The van der Waals surface area contributed by atoms with Gasteiger partial charge < -0.3 is 29.9 Å². The Kier molecular flexibility index (Phi) is 6.21. The van der Waals surface area contributed by atoms with E-state index in [1.165, 1.54) is 6.92 Å². The van der Waals surface area contributed by atoms with E-state index in [1.807, 2.05) is 24.3 Å². The van der Waals surface area contributed by atoms with Crippen molar-refractivity contribution in [2.45, 2.75) is 13.3 Å². The van der Waals surface area contributed by atoms with Crippen molar-refractivity contribution in [1.29, 1.82) is 0 Å². The van der Waals surface area contributed by atoms with Gasteiger partial charge in [-0.15, -0.1) is 0 Å². The van der Waals surface area contributed by atoms with E-state index in [0.717, 1.165) is 0 Å². The summed E-state index contributed by atoms with van der Waals surface area (Å²) in [6.07, 6.45) is 1.23. The Labute approximate surface area is 197 Å². The van der Waals surface area contributed by atoms with Crippen LogP contribution >= 0.6 is 0 Å². The molecule has 0 radical (unpaired) electrons. The molecule has 2 heterocycles. The van der Waals surface area contributed by atoms with E-state index in [9.17, 15) is 14.4 Å². The number of Topliss-reactive ketones (excluding diaryl/α,β-unsaturated/α-hetero) is 1. The Bertz CT molecular complexity index is 1180. The van der Waals surface area contributed by atoms with Crippen LogP contribution in [-0.2, 0) is 11.2 Å². The average molecular weight is 465 g/mol. The molecule has 2 aromatic carbocycles. The number of carbonyl (C=O) groups excluding carboxylic acids is 3. The minimum Gasteiger partial charge on any atom is -0.409 e. The molecule has 2 N–H and O–H groups in total. The molecule has 5 rings (SSSR count). The molecule has 178 valence electrons. The number of hydrogen-bond donors (Lipinski definition) is 2. The van der Waals surface area contributed by atoms with Crippen molar-refractivity contribution in [2.75, 3.05) is 52.4 Å². The molecule has 0 unspecified atom stereocenters. The molecule has 2 amide bonds. The highest BCUT2D eigenvalue weighted by Crippen LogP contribution is 2.46. The van der Waals surface area contributed by atoms with Crippen LogP contribution in [0.5, 0.6) is 11.5 Å². The molecule has 2 saturated heterocycles. The number of benzene rings is 2. The highest BCUT2D eigenvalue weighted by atomic mass is 16.6. The van der Waals surface area contributed by atoms with E-state index in [4.69, 9.17) is 9.47 Å². The van der Waals surface area contributed by atoms with Crippen LogP contribution in [0.2, 0.25) is 0 Å². The summed E-state index contributed by atoms with van der Waals surface area (Å²) >= 11 is 0. The second-order valence-corrected chi connectivity index (χ2v) is 8.71. The standard InChI is InChI=1S/C25H28N4O5/c1-16(30)17-14-20-21(15-17)23(34-25(32)29-12-8-27-9-13-29)19-5-3-2-4-18(19)22(20)33-24(31)28-10-6-26-7-11-28/h2-5,14,26-27H,6-13,15H2,1H3. The summed E-state index contributed by atoms with van der Waals surface area (Å²) in [5.74, 6) is 0.745. The number of amides is 2. The number of hydrogen-bond acceptors (Lipinski definition) is 7. The number of piperazine rings is 2. The van der Waals surface area contributed by atoms with Gasteiger partial charge in [-0.1, -0.05) is 24.3 Å². The molecule has 2 aromatic rings. The lowest BCUT2D eigenvalue weighted by atomic mass is 9.99. The zero-order valence-corrected chi connectivity index (χ0v) is 19.2. The highest BCUT2D eigenvalue weighted by Gasteiger charge is 2.31. The van der Waals surface area contributed by atoms with Crippen LogP contribution < -0.4 is 20.1 Å². The van der Waals surface area contributed by atoms with Crippen LogP contribution in [-0.4, -0.2) is 80.1 Å². The van der Waals surface area contributed by atoms with Crippen LogP contribution in [0.15, 0.2) is 29.8 Å². The van der Waals surface area contributed by atoms with Gasteiger partial charge in [0.2, 0.25) is 0 Å². The molecule has 34 heavy (non-hydrogen) atoms. The SMILES string of the molecule is CC(=O)C1=Cc2c(c(OC(=O)N3CCNCC3)c3ccccc3c2OC(=O)N2CCNCC2)C1. The molecule has 2 fully saturated rings. The van der Waals surface area contributed by atoms with Crippen molar-refractivity contribution >= 4 is 34.8 Å². The first-order chi connectivity index (χ1) is 16.5. The number of nitrogens with one attached hydrogen (secondary N) is 2. The zero-order chi connectivity index (χ0) is 23.7. The third-order valence-corrected chi connectivity index (χ3v) is 6.53. The van der Waals surface area contributed by atoms with Gasteiger partial charge in [-0.3, -0.25) is 4.79 Å². The van der Waals surface area contributed by atoms with Gasteiger partial charge in [-0.2, -0.15) is 0 Å². The Morgan fingerprint density at radius 2 is 1.29 bits per heavy atom. The number of allylic oxidation sites excluding steroid dienone is 1. The van der Waals surface area contributed by atoms with Crippen molar-refractivity contribution in [2.24, 2.45) is 0 Å². The van der Waals surface area contributed by atoms with Gasteiger partial charge in [0.25, 0.3) is 0 Å². The molecular formula is C25H28N4O5. The molecule has 0 saturated carbocycles. The fourth-order valence-corrected chi connectivity index (χ4v) is 4.64. The normalized spacial score (nSPS) is 17.9. The van der Waals surface area contributed by atoms with Crippen molar-refractivity contribution in [1.82, 2.24) is 20.4 Å².